The van der Waals surface area contributed by atoms with E-state index in [9.17, 15) is 4.79 Å². The van der Waals surface area contributed by atoms with Crippen LogP contribution in [0.5, 0.6) is 5.75 Å². The van der Waals surface area contributed by atoms with Gasteiger partial charge in [0.25, 0.3) is 0 Å². The van der Waals surface area contributed by atoms with Gasteiger partial charge >= 0.3 is 5.97 Å². The van der Waals surface area contributed by atoms with Gasteiger partial charge in [-0.2, -0.15) is 0 Å². The molecule has 5 nitrogen and oxygen atoms in total. The molecule has 2 saturated heterocycles. The quantitative estimate of drug-likeness (QED) is 0.175. The van der Waals surface area contributed by atoms with Crippen LogP contribution >= 0.6 is 0 Å². The van der Waals surface area contributed by atoms with Crippen LogP contribution < -0.4 is 4.74 Å². The largest absolute Gasteiger partial charge is 0.497 e. The van der Waals surface area contributed by atoms with Crippen molar-refractivity contribution in [1.29, 1.82) is 0 Å². The van der Waals surface area contributed by atoms with Gasteiger partial charge in [-0.3, -0.25) is 9.69 Å². The lowest BCUT2D eigenvalue weighted by atomic mass is 9.80. The van der Waals surface area contributed by atoms with Gasteiger partial charge in [-0.15, -0.1) is 0 Å². The molecule has 6 rings (SSSR count). The number of benzene rings is 3. The molecule has 5 heteroatoms. The molecule has 2 aliphatic heterocycles. The number of carbonyl (C=O) groups excluding carboxylic acids is 1. The molecule has 0 N–H and O–H groups in total. The van der Waals surface area contributed by atoms with E-state index in [0.717, 1.165) is 43.3 Å². The number of nitrogens with zero attached hydrogens (tertiary/aromatic N) is 2. The molecular formula is C40H52N2O3. The van der Waals surface area contributed by atoms with E-state index in [1.807, 2.05) is 24.3 Å². The highest BCUT2D eigenvalue weighted by atomic mass is 16.5. The molecule has 3 fully saturated rings. The van der Waals surface area contributed by atoms with Crippen LogP contribution in [-0.2, 0) is 22.6 Å². The summed E-state index contributed by atoms with van der Waals surface area (Å²) in [5, 5.41) is 0. The predicted molar refractivity (Wildman–Crippen MR) is 181 cm³/mol. The minimum absolute atomic E-state index is 0.0542. The molecule has 3 aromatic rings. The van der Waals surface area contributed by atoms with E-state index < -0.39 is 0 Å². The van der Waals surface area contributed by atoms with Gasteiger partial charge < -0.3 is 14.4 Å². The summed E-state index contributed by atoms with van der Waals surface area (Å²) in [6, 6.07) is 29.6. The number of piperidine rings is 1. The van der Waals surface area contributed by atoms with E-state index in [1.54, 1.807) is 7.11 Å². The topological polar surface area (TPSA) is 42.0 Å². The second-order valence-corrected chi connectivity index (χ2v) is 13.9. The number of hydrogen-bond acceptors (Lipinski definition) is 5. The van der Waals surface area contributed by atoms with Gasteiger partial charge in [0.2, 0.25) is 0 Å². The van der Waals surface area contributed by atoms with Crippen molar-refractivity contribution in [2.75, 3.05) is 39.8 Å². The second kappa shape index (κ2) is 15.9. The van der Waals surface area contributed by atoms with Crippen LogP contribution in [0.15, 0.2) is 84.9 Å². The first-order chi connectivity index (χ1) is 22.1. The lowest BCUT2D eigenvalue weighted by molar-refractivity contribution is -0.152. The lowest BCUT2D eigenvalue weighted by Gasteiger charge is -2.35. The van der Waals surface area contributed by atoms with Crippen LogP contribution in [-0.4, -0.2) is 61.6 Å². The molecule has 2 heterocycles. The Hall–Kier alpha value is -3.15. The van der Waals surface area contributed by atoms with Crippen molar-refractivity contribution < 1.29 is 14.3 Å². The molecule has 0 bridgehead atoms. The Kier molecular flexibility index (Phi) is 11.3. The van der Waals surface area contributed by atoms with E-state index in [2.05, 4.69) is 70.5 Å². The fourth-order valence-corrected chi connectivity index (χ4v) is 7.86. The summed E-state index contributed by atoms with van der Waals surface area (Å²) >= 11 is 0. The van der Waals surface area contributed by atoms with Gasteiger partial charge in [0.15, 0.2) is 0 Å². The molecule has 1 saturated carbocycles. The summed E-state index contributed by atoms with van der Waals surface area (Å²) < 4.78 is 11.3. The van der Waals surface area contributed by atoms with Crippen molar-refractivity contribution in [1.82, 2.24) is 9.80 Å². The number of hydrogen-bond donors (Lipinski definition) is 0. The second-order valence-electron chi connectivity index (χ2n) is 13.9. The summed E-state index contributed by atoms with van der Waals surface area (Å²) in [4.78, 5) is 19.0. The molecule has 0 radical (unpaired) electrons. The Labute approximate surface area is 270 Å². The lowest BCUT2D eigenvalue weighted by Crippen LogP contribution is -2.44. The van der Waals surface area contributed by atoms with Gasteiger partial charge in [-0.05, 0) is 91.8 Å². The zero-order valence-electron chi connectivity index (χ0n) is 27.2. The Morgan fingerprint density at radius 1 is 0.822 bits per heavy atom. The zero-order valence-corrected chi connectivity index (χ0v) is 27.2. The summed E-state index contributed by atoms with van der Waals surface area (Å²) in [6.45, 7) is 5.71. The third kappa shape index (κ3) is 8.77. The number of rotatable bonds is 14. The minimum Gasteiger partial charge on any atom is -0.497 e. The van der Waals surface area contributed by atoms with E-state index in [0.29, 0.717) is 24.4 Å². The third-order valence-electron chi connectivity index (χ3n) is 10.9. The normalized spacial score (nSPS) is 22.2. The van der Waals surface area contributed by atoms with E-state index in [-0.39, 0.29) is 12.0 Å². The number of esters is 1. The Morgan fingerprint density at radius 2 is 1.53 bits per heavy atom. The molecule has 0 spiro atoms. The van der Waals surface area contributed by atoms with Crippen molar-refractivity contribution in [3.63, 3.8) is 0 Å². The Balaban J connectivity index is 1.07. The van der Waals surface area contributed by atoms with Crippen molar-refractivity contribution in [3.8, 4) is 5.75 Å². The van der Waals surface area contributed by atoms with Crippen molar-refractivity contribution >= 4 is 5.97 Å². The molecule has 3 atom stereocenters. The predicted octanol–water partition coefficient (Wildman–Crippen LogP) is 7.75. The standard InChI is InChI=1S/C40H52N2O3/c1-44-37-20-18-34(19-21-37)30-45-40(43)39(26-33-14-9-15-33)42-28-36(38(29-42)35-16-6-3-7-17-35)27-41-24-22-32(23-25-41)13-8-12-31-10-4-2-5-11-31/h2-7,10-11,16-21,32-33,36,38-39H,8-9,12-15,22-30H2,1H3/t36-,38+,39+/m0/s1. The molecule has 0 amide bonds. The molecular weight excluding hydrogens is 556 g/mol. The van der Waals surface area contributed by atoms with Crippen LogP contribution in [0, 0.1) is 17.8 Å². The first kappa shape index (κ1) is 31.8. The number of likely N-dealkylation sites (tertiary alicyclic amines) is 2. The molecule has 3 aliphatic rings. The van der Waals surface area contributed by atoms with Gasteiger partial charge in [0.05, 0.1) is 7.11 Å². The van der Waals surface area contributed by atoms with E-state index in [4.69, 9.17) is 9.47 Å². The van der Waals surface area contributed by atoms with Crippen molar-refractivity contribution in [2.45, 2.75) is 76.4 Å². The van der Waals surface area contributed by atoms with Crippen LogP contribution in [0.2, 0.25) is 0 Å². The number of aryl methyl sites for hydroxylation is 1. The first-order valence-electron chi connectivity index (χ1n) is 17.5. The van der Waals surface area contributed by atoms with Gasteiger partial charge in [-0.25, -0.2) is 0 Å². The summed E-state index contributed by atoms with van der Waals surface area (Å²) in [6.07, 6.45) is 11.1. The molecule has 1 aliphatic carbocycles. The Bertz CT molecular complexity index is 1300. The summed E-state index contributed by atoms with van der Waals surface area (Å²) in [5.74, 6) is 3.20. The summed E-state index contributed by atoms with van der Waals surface area (Å²) in [7, 11) is 1.67. The zero-order chi connectivity index (χ0) is 30.8. The van der Waals surface area contributed by atoms with Crippen LogP contribution in [0.3, 0.4) is 0 Å². The van der Waals surface area contributed by atoms with E-state index in [1.165, 1.54) is 75.6 Å². The molecule has 0 unspecified atom stereocenters. The molecule has 45 heavy (non-hydrogen) atoms. The maximum atomic E-state index is 13.8. The molecule has 3 aromatic carbocycles. The van der Waals surface area contributed by atoms with Crippen LogP contribution in [0.4, 0.5) is 0 Å². The fraction of sp³-hybridized carbons (Fsp3) is 0.525. The highest BCUT2D eigenvalue weighted by Gasteiger charge is 2.42. The highest BCUT2D eigenvalue weighted by Crippen LogP contribution is 2.39. The Morgan fingerprint density at radius 3 is 2.20 bits per heavy atom. The smallest absolute Gasteiger partial charge is 0.323 e. The van der Waals surface area contributed by atoms with Crippen molar-refractivity contribution in [3.05, 3.63) is 102 Å². The van der Waals surface area contributed by atoms with Gasteiger partial charge in [0, 0.05) is 25.6 Å². The molecule has 0 aromatic heterocycles. The van der Waals surface area contributed by atoms with Crippen LogP contribution in [0.1, 0.15) is 74.0 Å². The highest BCUT2D eigenvalue weighted by molar-refractivity contribution is 5.76. The van der Waals surface area contributed by atoms with Crippen molar-refractivity contribution in [2.24, 2.45) is 17.8 Å². The third-order valence-corrected chi connectivity index (χ3v) is 10.9. The first-order valence-corrected chi connectivity index (χ1v) is 17.5. The number of methoxy groups -OCH3 is 1. The van der Waals surface area contributed by atoms with Gasteiger partial charge in [-0.1, -0.05) is 98.5 Å². The van der Waals surface area contributed by atoms with Crippen LogP contribution in [0.25, 0.3) is 0 Å². The SMILES string of the molecule is COc1ccc(COC(=O)[C@@H](CC2CCC2)N2C[C@H](CN3CCC(CCCc4ccccc4)CC3)[C@@H](c3ccccc3)C2)cc1. The monoisotopic (exact) mass is 608 g/mol. The summed E-state index contributed by atoms with van der Waals surface area (Å²) in [5.41, 5.74) is 3.87. The maximum absolute atomic E-state index is 13.8. The van der Waals surface area contributed by atoms with E-state index >= 15 is 0 Å². The number of ether oxygens (including phenoxy) is 2. The minimum atomic E-state index is -0.167. The maximum Gasteiger partial charge on any atom is 0.323 e. The molecule has 240 valence electrons. The van der Waals surface area contributed by atoms with Gasteiger partial charge in [0.1, 0.15) is 18.4 Å². The fourth-order valence-electron chi connectivity index (χ4n) is 7.86. The average molecular weight is 609 g/mol. The number of carbonyl (C=O) groups is 1. The average Bonchev–Trinajstić information content (AvgIpc) is 3.48.